The zero-order chi connectivity index (χ0) is 15.2. The number of anilines is 2. The number of aromatic nitrogens is 1. The van der Waals surface area contributed by atoms with Gasteiger partial charge in [-0.05, 0) is 30.7 Å². The van der Waals surface area contributed by atoms with Crippen molar-refractivity contribution in [2.75, 3.05) is 17.2 Å². The Bertz CT molecular complexity index is 647. The van der Waals surface area contributed by atoms with E-state index < -0.39 is 17.5 Å². The molecule has 1 heterocycles. The molecule has 0 aliphatic rings. The largest absolute Gasteiger partial charge is 0.369 e. The Morgan fingerprint density at radius 3 is 2.81 bits per heavy atom. The molecule has 0 atom stereocenters. The number of carbonyl (C=O) groups is 1. The molecule has 0 spiro atoms. The molecule has 0 radical (unpaired) electrons. The van der Waals surface area contributed by atoms with Crippen molar-refractivity contribution < 1.29 is 13.6 Å². The smallest absolute Gasteiger partial charge is 0.259 e. The van der Waals surface area contributed by atoms with E-state index in [0.29, 0.717) is 17.9 Å². The van der Waals surface area contributed by atoms with Crippen molar-refractivity contribution in [2.24, 2.45) is 0 Å². The highest BCUT2D eigenvalue weighted by atomic mass is 19.1. The third kappa shape index (κ3) is 3.75. The van der Waals surface area contributed by atoms with E-state index in [-0.39, 0.29) is 5.69 Å². The third-order valence-electron chi connectivity index (χ3n) is 2.77. The SMILES string of the molecule is CCCNc1ncccc1C(=O)Nc1ccc(F)cc1F. The number of carbonyl (C=O) groups excluding carboxylic acids is 1. The Morgan fingerprint density at radius 1 is 1.29 bits per heavy atom. The number of hydrogen-bond acceptors (Lipinski definition) is 3. The fraction of sp³-hybridized carbons (Fsp3) is 0.200. The lowest BCUT2D eigenvalue weighted by Gasteiger charge is -2.11. The van der Waals surface area contributed by atoms with Gasteiger partial charge in [0.15, 0.2) is 0 Å². The van der Waals surface area contributed by atoms with Crippen molar-refractivity contribution in [3.63, 3.8) is 0 Å². The minimum absolute atomic E-state index is 0.0771. The van der Waals surface area contributed by atoms with Crippen LogP contribution in [0.2, 0.25) is 0 Å². The number of amides is 1. The molecule has 0 saturated heterocycles. The highest BCUT2D eigenvalue weighted by molar-refractivity contribution is 6.07. The first kappa shape index (κ1) is 14.9. The van der Waals surface area contributed by atoms with Gasteiger partial charge in [0.05, 0.1) is 11.3 Å². The van der Waals surface area contributed by atoms with E-state index in [1.807, 2.05) is 6.92 Å². The van der Waals surface area contributed by atoms with E-state index in [1.54, 1.807) is 18.3 Å². The maximum absolute atomic E-state index is 13.5. The standard InChI is InChI=1S/C15H15F2N3O/c1-2-7-18-14-11(4-3-8-19-14)15(21)20-13-6-5-10(16)9-12(13)17/h3-6,8-9H,2,7H2,1H3,(H,18,19)(H,20,21). The number of rotatable bonds is 5. The minimum atomic E-state index is -0.824. The van der Waals surface area contributed by atoms with Gasteiger partial charge in [-0.1, -0.05) is 6.92 Å². The lowest BCUT2D eigenvalue weighted by atomic mass is 10.2. The summed E-state index contributed by atoms with van der Waals surface area (Å²) >= 11 is 0. The zero-order valence-corrected chi connectivity index (χ0v) is 11.5. The average molecular weight is 291 g/mol. The molecule has 110 valence electrons. The lowest BCUT2D eigenvalue weighted by molar-refractivity contribution is 0.102. The molecule has 21 heavy (non-hydrogen) atoms. The normalized spacial score (nSPS) is 10.2. The Kier molecular flexibility index (Phi) is 4.81. The van der Waals surface area contributed by atoms with Crippen molar-refractivity contribution in [2.45, 2.75) is 13.3 Å². The van der Waals surface area contributed by atoms with Crippen LogP contribution in [0.5, 0.6) is 0 Å². The summed E-state index contributed by atoms with van der Waals surface area (Å²) in [5.74, 6) is -1.60. The van der Waals surface area contributed by atoms with Crippen LogP contribution in [0.4, 0.5) is 20.3 Å². The van der Waals surface area contributed by atoms with E-state index in [2.05, 4.69) is 15.6 Å². The molecule has 0 aliphatic heterocycles. The maximum Gasteiger partial charge on any atom is 0.259 e. The molecule has 0 saturated carbocycles. The van der Waals surface area contributed by atoms with E-state index in [0.717, 1.165) is 18.6 Å². The monoisotopic (exact) mass is 291 g/mol. The highest BCUT2D eigenvalue weighted by Crippen LogP contribution is 2.18. The summed E-state index contributed by atoms with van der Waals surface area (Å²) in [5, 5.41) is 5.44. The summed E-state index contributed by atoms with van der Waals surface area (Å²) in [4.78, 5) is 16.3. The second-order valence-electron chi connectivity index (χ2n) is 4.40. The highest BCUT2D eigenvalue weighted by Gasteiger charge is 2.14. The van der Waals surface area contributed by atoms with E-state index in [1.165, 1.54) is 6.07 Å². The molecule has 0 aliphatic carbocycles. The first-order valence-electron chi connectivity index (χ1n) is 6.57. The second-order valence-corrected chi connectivity index (χ2v) is 4.40. The lowest BCUT2D eigenvalue weighted by Crippen LogP contribution is -2.16. The first-order chi connectivity index (χ1) is 10.1. The molecule has 2 aromatic rings. The van der Waals surface area contributed by atoms with Gasteiger partial charge in [-0.3, -0.25) is 4.79 Å². The average Bonchev–Trinajstić information content (AvgIpc) is 2.48. The van der Waals surface area contributed by atoms with Crippen molar-refractivity contribution in [3.8, 4) is 0 Å². The molecule has 0 bridgehead atoms. The van der Waals surface area contributed by atoms with Gasteiger partial charge in [-0.15, -0.1) is 0 Å². The van der Waals surface area contributed by atoms with Crippen LogP contribution in [0.15, 0.2) is 36.5 Å². The van der Waals surface area contributed by atoms with Crippen LogP contribution in [0, 0.1) is 11.6 Å². The van der Waals surface area contributed by atoms with E-state index in [4.69, 9.17) is 0 Å². The van der Waals surface area contributed by atoms with Gasteiger partial charge in [-0.2, -0.15) is 0 Å². The molecule has 1 aromatic carbocycles. The minimum Gasteiger partial charge on any atom is -0.369 e. The van der Waals surface area contributed by atoms with E-state index in [9.17, 15) is 13.6 Å². The van der Waals surface area contributed by atoms with Gasteiger partial charge in [0, 0.05) is 18.8 Å². The Hall–Kier alpha value is -2.50. The van der Waals surface area contributed by atoms with Crippen LogP contribution in [0.1, 0.15) is 23.7 Å². The molecular formula is C15H15F2N3O. The van der Waals surface area contributed by atoms with Crippen molar-refractivity contribution in [1.82, 2.24) is 4.98 Å². The predicted molar refractivity (Wildman–Crippen MR) is 77.3 cm³/mol. The molecular weight excluding hydrogens is 276 g/mol. The van der Waals surface area contributed by atoms with E-state index >= 15 is 0 Å². The Balaban J connectivity index is 2.20. The van der Waals surface area contributed by atoms with Crippen LogP contribution in [-0.4, -0.2) is 17.4 Å². The van der Waals surface area contributed by atoms with Gasteiger partial charge in [0.1, 0.15) is 17.5 Å². The second kappa shape index (κ2) is 6.78. The molecule has 2 N–H and O–H groups in total. The molecule has 1 aromatic heterocycles. The molecule has 0 unspecified atom stereocenters. The summed E-state index contributed by atoms with van der Waals surface area (Å²) in [6.07, 6.45) is 2.44. The number of halogens is 2. The van der Waals surface area contributed by atoms with Gasteiger partial charge < -0.3 is 10.6 Å². The van der Waals surface area contributed by atoms with Crippen LogP contribution in [-0.2, 0) is 0 Å². The quantitative estimate of drug-likeness (QED) is 0.887. The number of pyridine rings is 1. The van der Waals surface area contributed by atoms with Crippen LogP contribution < -0.4 is 10.6 Å². The van der Waals surface area contributed by atoms with Crippen LogP contribution in [0.3, 0.4) is 0 Å². The zero-order valence-electron chi connectivity index (χ0n) is 11.5. The van der Waals surface area contributed by atoms with Gasteiger partial charge in [0.2, 0.25) is 0 Å². The molecule has 2 rings (SSSR count). The van der Waals surface area contributed by atoms with Gasteiger partial charge in [-0.25, -0.2) is 13.8 Å². The summed E-state index contributed by atoms with van der Waals surface area (Å²) in [6.45, 7) is 2.66. The number of benzene rings is 1. The third-order valence-corrected chi connectivity index (χ3v) is 2.77. The van der Waals surface area contributed by atoms with Crippen molar-refractivity contribution in [3.05, 3.63) is 53.7 Å². The topological polar surface area (TPSA) is 54.0 Å². The summed E-state index contributed by atoms with van der Waals surface area (Å²) in [7, 11) is 0. The number of hydrogen-bond donors (Lipinski definition) is 2. The van der Waals surface area contributed by atoms with Crippen LogP contribution >= 0.6 is 0 Å². The predicted octanol–water partition coefficient (Wildman–Crippen LogP) is 3.43. The summed E-state index contributed by atoms with van der Waals surface area (Å²) in [5.41, 5.74) is 0.223. The van der Waals surface area contributed by atoms with Crippen molar-refractivity contribution in [1.29, 1.82) is 0 Å². The Morgan fingerprint density at radius 2 is 2.10 bits per heavy atom. The maximum atomic E-state index is 13.5. The molecule has 0 fully saturated rings. The summed E-state index contributed by atoms with van der Waals surface area (Å²) in [6, 6.07) is 6.18. The van der Waals surface area contributed by atoms with Gasteiger partial charge >= 0.3 is 0 Å². The Labute approximate surface area is 121 Å². The number of nitrogens with zero attached hydrogens (tertiary/aromatic N) is 1. The number of nitrogens with one attached hydrogen (secondary N) is 2. The van der Waals surface area contributed by atoms with Gasteiger partial charge in [0.25, 0.3) is 5.91 Å². The van der Waals surface area contributed by atoms with Crippen LogP contribution in [0.25, 0.3) is 0 Å². The fourth-order valence-electron chi connectivity index (χ4n) is 1.75. The summed E-state index contributed by atoms with van der Waals surface area (Å²) < 4.78 is 26.4. The fourth-order valence-corrected chi connectivity index (χ4v) is 1.75. The van der Waals surface area contributed by atoms with Crippen molar-refractivity contribution >= 4 is 17.4 Å². The molecule has 4 nitrogen and oxygen atoms in total. The molecule has 1 amide bonds. The first-order valence-corrected chi connectivity index (χ1v) is 6.57. The molecule has 6 heteroatoms.